The zero-order valence-corrected chi connectivity index (χ0v) is 10.4. The van der Waals surface area contributed by atoms with Crippen molar-refractivity contribution in [2.75, 3.05) is 0 Å². The second-order valence-electron chi connectivity index (χ2n) is 2.94. The van der Waals surface area contributed by atoms with Crippen LogP contribution in [0.5, 0.6) is 0 Å². The van der Waals surface area contributed by atoms with Crippen LogP contribution in [0.15, 0.2) is 35.4 Å². The van der Waals surface area contributed by atoms with Crippen molar-refractivity contribution in [3.8, 4) is 0 Å². The van der Waals surface area contributed by atoms with Gasteiger partial charge in [0.15, 0.2) is 0 Å². The first-order valence-corrected chi connectivity index (χ1v) is 5.56. The second kappa shape index (κ2) is 6.09. The number of nitrogens with zero attached hydrogens (tertiary/aromatic N) is 1. The fourth-order valence-electron chi connectivity index (χ4n) is 0.933. The lowest BCUT2D eigenvalue weighted by Crippen LogP contribution is -2.30. The maximum Gasteiger partial charge on any atom is 0.292 e. The van der Waals surface area contributed by atoms with Gasteiger partial charge in [0, 0.05) is 12.6 Å². The second-order valence-corrected chi connectivity index (χ2v) is 5.22. The number of carbonyl (C=O) groups excluding carboxylic acids is 1. The van der Waals surface area contributed by atoms with Crippen molar-refractivity contribution in [2.24, 2.45) is 5.10 Å². The van der Waals surface area contributed by atoms with E-state index in [0.29, 0.717) is 6.42 Å². The number of nitrogens with one attached hydrogen (secondary N) is 1. The molecule has 0 fully saturated rings. The molecule has 1 aromatic carbocycles. The van der Waals surface area contributed by atoms with E-state index in [4.69, 9.17) is 34.8 Å². The maximum absolute atomic E-state index is 11.1. The topological polar surface area (TPSA) is 41.5 Å². The van der Waals surface area contributed by atoms with E-state index in [1.54, 1.807) is 0 Å². The predicted octanol–water partition coefficient (Wildman–Crippen LogP) is 2.70. The summed E-state index contributed by atoms with van der Waals surface area (Å²) in [6, 6.07) is 9.66. The molecule has 0 unspecified atom stereocenters. The predicted molar refractivity (Wildman–Crippen MR) is 67.1 cm³/mol. The largest absolute Gasteiger partial charge is 0.292 e. The molecule has 0 aliphatic rings. The summed E-state index contributed by atoms with van der Waals surface area (Å²) in [5.41, 5.74) is 3.21. The highest BCUT2D eigenvalue weighted by molar-refractivity contribution is 6.76. The Morgan fingerprint density at radius 2 is 1.94 bits per heavy atom. The van der Waals surface area contributed by atoms with Crippen LogP contribution in [0.3, 0.4) is 0 Å². The summed E-state index contributed by atoms with van der Waals surface area (Å²) < 4.78 is -1.98. The lowest BCUT2D eigenvalue weighted by Gasteiger charge is -2.06. The SMILES string of the molecule is O=C(N/N=C/Cc1ccccc1)C(Cl)(Cl)Cl. The number of amides is 1. The Kier molecular flexibility index (Phi) is 5.06. The van der Waals surface area contributed by atoms with Gasteiger partial charge in [0.2, 0.25) is 0 Å². The van der Waals surface area contributed by atoms with Gasteiger partial charge in [0.05, 0.1) is 0 Å². The molecule has 0 aliphatic carbocycles. The molecule has 1 aromatic rings. The molecule has 0 aliphatic heterocycles. The van der Waals surface area contributed by atoms with E-state index in [0.717, 1.165) is 5.56 Å². The van der Waals surface area contributed by atoms with Crippen molar-refractivity contribution in [2.45, 2.75) is 10.2 Å². The number of rotatable bonds is 3. The molecular weight excluding hydrogens is 270 g/mol. The molecule has 16 heavy (non-hydrogen) atoms. The summed E-state index contributed by atoms with van der Waals surface area (Å²) in [5, 5.41) is 3.66. The van der Waals surface area contributed by atoms with Crippen molar-refractivity contribution in [1.29, 1.82) is 0 Å². The molecule has 0 saturated heterocycles. The van der Waals surface area contributed by atoms with E-state index in [2.05, 4.69) is 10.5 Å². The van der Waals surface area contributed by atoms with Gasteiger partial charge in [0.25, 0.3) is 9.70 Å². The molecule has 1 amide bonds. The van der Waals surface area contributed by atoms with Crippen LogP contribution in [0.4, 0.5) is 0 Å². The van der Waals surface area contributed by atoms with Crippen LogP contribution in [0, 0.1) is 0 Å². The molecule has 1 N–H and O–H groups in total. The number of carbonyl (C=O) groups is 1. The Balaban J connectivity index is 2.37. The number of halogens is 3. The number of hydrogen-bond acceptors (Lipinski definition) is 2. The fraction of sp³-hybridized carbons (Fsp3) is 0.200. The van der Waals surface area contributed by atoms with Crippen molar-refractivity contribution in [3.05, 3.63) is 35.9 Å². The van der Waals surface area contributed by atoms with Gasteiger partial charge in [-0.1, -0.05) is 65.1 Å². The monoisotopic (exact) mass is 278 g/mol. The van der Waals surface area contributed by atoms with Crippen LogP contribution in [0.1, 0.15) is 5.56 Å². The molecule has 86 valence electrons. The Morgan fingerprint density at radius 1 is 1.31 bits per heavy atom. The molecule has 0 saturated carbocycles. The fourth-order valence-corrected chi connectivity index (χ4v) is 1.06. The lowest BCUT2D eigenvalue weighted by atomic mass is 10.2. The molecule has 0 atom stereocenters. The molecule has 1 rings (SSSR count). The van der Waals surface area contributed by atoms with Crippen LogP contribution in [0.25, 0.3) is 0 Å². The van der Waals surface area contributed by atoms with E-state index in [1.807, 2.05) is 30.3 Å². The standard InChI is InChI=1S/C10H9Cl3N2O/c11-10(12,13)9(16)15-14-7-6-8-4-2-1-3-5-8/h1-5,7H,6H2,(H,15,16)/b14-7+. The van der Waals surface area contributed by atoms with E-state index in [9.17, 15) is 4.79 Å². The van der Waals surface area contributed by atoms with Crippen LogP contribution < -0.4 is 5.43 Å². The Bertz CT molecular complexity index is 373. The zero-order chi connectivity index (χ0) is 12.0. The first-order chi connectivity index (χ1) is 7.50. The molecule has 6 heteroatoms. The molecular formula is C10H9Cl3N2O. The van der Waals surface area contributed by atoms with Crippen LogP contribution in [-0.4, -0.2) is 15.9 Å². The normalized spacial score (nSPS) is 11.7. The third-order valence-electron chi connectivity index (χ3n) is 1.68. The maximum atomic E-state index is 11.1. The first kappa shape index (κ1) is 13.3. The van der Waals surface area contributed by atoms with Gasteiger partial charge in [-0.3, -0.25) is 4.79 Å². The molecule has 0 heterocycles. The third kappa shape index (κ3) is 4.84. The Morgan fingerprint density at radius 3 is 2.50 bits per heavy atom. The number of alkyl halides is 3. The summed E-state index contributed by atoms with van der Waals surface area (Å²) in [4.78, 5) is 11.1. The average Bonchev–Trinajstić information content (AvgIpc) is 2.24. The van der Waals surface area contributed by atoms with Crippen molar-refractivity contribution < 1.29 is 4.79 Å². The minimum atomic E-state index is -1.98. The van der Waals surface area contributed by atoms with Crippen molar-refractivity contribution in [3.63, 3.8) is 0 Å². The van der Waals surface area contributed by atoms with Crippen LogP contribution in [0.2, 0.25) is 0 Å². The molecule has 0 radical (unpaired) electrons. The molecule has 0 bridgehead atoms. The average molecular weight is 280 g/mol. The van der Waals surface area contributed by atoms with Gasteiger partial charge in [-0.25, -0.2) is 5.43 Å². The van der Waals surface area contributed by atoms with Gasteiger partial charge in [0.1, 0.15) is 0 Å². The van der Waals surface area contributed by atoms with Gasteiger partial charge in [-0.2, -0.15) is 5.10 Å². The van der Waals surface area contributed by atoms with E-state index >= 15 is 0 Å². The van der Waals surface area contributed by atoms with Gasteiger partial charge in [-0.05, 0) is 5.56 Å². The first-order valence-electron chi connectivity index (χ1n) is 4.43. The van der Waals surface area contributed by atoms with E-state index in [-0.39, 0.29) is 0 Å². The highest BCUT2D eigenvalue weighted by Crippen LogP contribution is 2.25. The van der Waals surface area contributed by atoms with Crippen molar-refractivity contribution >= 4 is 46.9 Å². The quantitative estimate of drug-likeness (QED) is 0.516. The van der Waals surface area contributed by atoms with E-state index in [1.165, 1.54) is 6.21 Å². The summed E-state index contributed by atoms with van der Waals surface area (Å²) >= 11 is 16.0. The number of benzene rings is 1. The number of hydrazone groups is 1. The summed E-state index contributed by atoms with van der Waals surface area (Å²) in [6.45, 7) is 0. The third-order valence-corrected chi connectivity index (χ3v) is 2.20. The summed E-state index contributed by atoms with van der Waals surface area (Å²) in [5.74, 6) is -0.776. The summed E-state index contributed by atoms with van der Waals surface area (Å²) in [6.07, 6.45) is 2.13. The Labute approximate surface area is 108 Å². The Hall–Kier alpha value is -0.770. The van der Waals surface area contributed by atoms with Crippen LogP contribution in [-0.2, 0) is 11.2 Å². The highest BCUT2D eigenvalue weighted by Gasteiger charge is 2.30. The van der Waals surface area contributed by atoms with Gasteiger partial charge in [-0.15, -0.1) is 0 Å². The zero-order valence-electron chi connectivity index (χ0n) is 8.16. The van der Waals surface area contributed by atoms with E-state index < -0.39 is 9.70 Å². The van der Waals surface area contributed by atoms with Gasteiger partial charge < -0.3 is 0 Å². The molecule has 3 nitrogen and oxygen atoms in total. The smallest absolute Gasteiger partial charge is 0.268 e. The molecule has 0 aromatic heterocycles. The minimum absolute atomic E-state index is 0.598. The minimum Gasteiger partial charge on any atom is -0.268 e. The van der Waals surface area contributed by atoms with Gasteiger partial charge >= 0.3 is 0 Å². The number of hydrogen-bond donors (Lipinski definition) is 1. The van der Waals surface area contributed by atoms with Crippen molar-refractivity contribution in [1.82, 2.24) is 5.43 Å². The highest BCUT2D eigenvalue weighted by atomic mass is 35.6. The summed E-state index contributed by atoms with van der Waals surface area (Å²) in [7, 11) is 0. The molecule has 0 spiro atoms. The lowest BCUT2D eigenvalue weighted by molar-refractivity contribution is -0.120. The van der Waals surface area contributed by atoms with Crippen LogP contribution >= 0.6 is 34.8 Å².